The summed E-state index contributed by atoms with van der Waals surface area (Å²) in [6, 6.07) is 30.9. The van der Waals surface area contributed by atoms with Gasteiger partial charge in [0.25, 0.3) is 0 Å². The molecule has 0 aliphatic heterocycles. The standard InChI is InChI=1S/C41H59FO11/c42-16-17-43-18-19-44-20-21-45-22-23-46-24-25-47-26-27-48-28-29-49-30-31-50-32-33-51-34-35-52-36-37-53-41(38-10-4-1-5-11-38,39-12-6-2-7-13-39)40-14-8-3-9-15-40/h1-15H,16-37H2. The first kappa shape index (κ1) is 44.5. The molecule has 296 valence electrons. The summed E-state index contributed by atoms with van der Waals surface area (Å²) in [5, 5.41) is 0. The first-order valence-electron chi connectivity index (χ1n) is 18.5. The Morgan fingerprint density at radius 1 is 0.283 bits per heavy atom. The van der Waals surface area contributed by atoms with Gasteiger partial charge in [-0.25, -0.2) is 4.39 Å². The smallest absolute Gasteiger partial charge is 0.143 e. The van der Waals surface area contributed by atoms with E-state index in [2.05, 4.69) is 36.4 Å². The zero-order valence-electron chi connectivity index (χ0n) is 31.1. The van der Waals surface area contributed by atoms with Crippen molar-refractivity contribution in [2.45, 2.75) is 5.60 Å². The Kier molecular flexibility index (Phi) is 26.5. The molecule has 0 bridgehead atoms. The SMILES string of the molecule is FCCOCCOCCOCCOCCOCCOCCOCCOCCOCCOCCOC(c1ccccc1)(c1ccccc1)c1ccccc1. The molecular formula is C41H59FO11. The number of hydrogen-bond donors (Lipinski definition) is 0. The Hall–Kier alpha value is -2.85. The average Bonchev–Trinajstić information content (AvgIpc) is 3.21. The largest absolute Gasteiger partial charge is 0.377 e. The topological polar surface area (TPSA) is 102 Å². The predicted molar refractivity (Wildman–Crippen MR) is 199 cm³/mol. The van der Waals surface area contributed by atoms with E-state index in [0.717, 1.165) is 16.7 Å². The zero-order chi connectivity index (χ0) is 37.2. The molecule has 0 saturated heterocycles. The van der Waals surface area contributed by atoms with Crippen molar-refractivity contribution in [3.63, 3.8) is 0 Å². The van der Waals surface area contributed by atoms with Crippen LogP contribution in [0.15, 0.2) is 91.0 Å². The normalized spacial score (nSPS) is 11.7. The van der Waals surface area contributed by atoms with Crippen LogP contribution in [0, 0.1) is 0 Å². The van der Waals surface area contributed by atoms with Crippen molar-refractivity contribution in [3.05, 3.63) is 108 Å². The van der Waals surface area contributed by atoms with Crippen LogP contribution in [-0.2, 0) is 57.7 Å². The van der Waals surface area contributed by atoms with E-state index in [1.807, 2.05) is 54.6 Å². The summed E-state index contributed by atoms with van der Waals surface area (Å²) in [7, 11) is 0. The maximum Gasteiger partial charge on any atom is 0.143 e. The molecule has 0 aromatic heterocycles. The van der Waals surface area contributed by atoms with Crippen LogP contribution in [0.1, 0.15) is 16.7 Å². The van der Waals surface area contributed by atoms with Crippen LogP contribution in [0.2, 0.25) is 0 Å². The van der Waals surface area contributed by atoms with Gasteiger partial charge in [0.15, 0.2) is 0 Å². The van der Waals surface area contributed by atoms with Crippen molar-refractivity contribution < 1.29 is 56.5 Å². The number of hydrogen-bond acceptors (Lipinski definition) is 11. The van der Waals surface area contributed by atoms with Crippen molar-refractivity contribution in [1.29, 1.82) is 0 Å². The fourth-order valence-electron chi connectivity index (χ4n) is 5.16. The fraction of sp³-hybridized carbons (Fsp3) is 0.561. The van der Waals surface area contributed by atoms with Gasteiger partial charge in [-0.3, -0.25) is 0 Å². The summed E-state index contributed by atoms with van der Waals surface area (Å²) < 4.78 is 73.3. The summed E-state index contributed by atoms with van der Waals surface area (Å²) in [6.45, 7) is 9.07. The van der Waals surface area contributed by atoms with Gasteiger partial charge in [0.2, 0.25) is 0 Å². The zero-order valence-corrected chi connectivity index (χ0v) is 31.1. The highest BCUT2D eigenvalue weighted by atomic mass is 19.1. The molecule has 3 rings (SSSR count). The second kappa shape index (κ2) is 31.5. The van der Waals surface area contributed by atoms with Gasteiger partial charge in [-0.15, -0.1) is 0 Å². The minimum absolute atomic E-state index is 0.111. The molecule has 11 nitrogen and oxygen atoms in total. The lowest BCUT2D eigenvalue weighted by atomic mass is 9.80. The number of ether oxygens (including phenoxy) is 11. The van der Waals surface area contributed by atoms with Crippen LogP contribution < -0.4 is 0 Å². The fourth-order valence-corrected chi connectivity index (χ4v) is 5.16. The van der Waals surface area contributed by atoms with Crippen LogP contribution in [0.3, 0.4) is 0 Å². The Labute approximate surface area is 314 Å². The second-order valence-corrected chi connectivity index (χ2v) is 11.4. The summed E-state index contributed by atoms with van der Waals surface area (Å²) >= 11 is 0. The van der Waals surface area contributed by atoms with Crippen molar-refractivity contribution in [1.82, 2.24) is 0 Å². The third kappa shape index (κ3) is 19.9. The Bertz CT molecular complexity index is 1110. The minimum atomic E-state index is -0.754. The third-order valence-corrected chi connectivity index (χ3v) is 7.66. The van der Waals surface area contributed by atoms with Gasteiger partial charge >= 0.3 is 0 Å². The monoisotopic (exact) mass is 746 g/mol. The molecule has 0 atom stereocenters. The van der Waals surface area contributed by atoms with E-state index in [9.17, 15) is 4.39 Å². The Balaban J connectivity index is 1.07. The van der Waals surface area contributed by atoms with Gasteiger partial charge in [0.1, 0.15) is 12.3 Å². The van der Waals surface area contributed by atoms with E-state index in [4.69, 9.17) is 52.1 Å². The Morgan fingerprint density at radius 3 is 0.717 bits per heavy atom. The van der Waals surface area contributed by atoms with Crippen LogP contribution >= 0.6 is 0 Å². The molecule has 0 amide bonds. The number of rotatable bonds is 36. The van der Waals surface area contributed by atoms with Gasteiger partial charge < -0.3 is 52.1 Å². The highest BCUT2D eigenvalue weighted by Gasteiger charge is 2.37. The predicted octanol–water partition coefficient (Wildman–Crippen LogP) is 5.13. The molecular weight excluding hydrogens is 687 g/mol. The van der Waals surface area contributed by atoms with E-state index in [1.54, 1.807) is 0 Å². The lowest BCUT2D eigenvalue weighted by Gasteiger charge is -2.36. The van der Waals surface area contributed by atoms with Crippen molar-refractivity contribution in [2.75, 3.05) is 145 Å². The van der Waals surface area contributed by atoms with Crippen molar-refractivity contribution in [2.24, 2.45) is 0 Å². The van der Waals surface area contributed by atoms with Crippen LogP contribution in [0.5, 0.6) is 0 Å². The van der Waals surface area contributed by atoms with E-state index in [-0.39, 0.29) is 6.61 Å². The maximum absolute atomic E-state index is 11.9. The minimum Gasteiger partial charge on any atom is -0.377 e. The van der Waals surface area contributed by atoms with Gasteiger partial charge in [0.05, 0.1) is 139 Å². The third-order valence-electron chi connectivity index (χ3n) is 7.66. The summed E-state index contributed by atoms with van der Waals surface area (Å²) in [5.74, 6) is 0. The maximum atomic E-state index is 11.9. The second-order valence-electron chi connectivity index (χ2n) is 11.4. The number of alkyl halides is 1. The van der Waals surface area contributed by atoms with Crippen LogP contribution in [0.4, 0.5) is 4.39 Å². The average molecular weight is 747 g/mol. The highest BCUT2D eigenvalue weighted by Crippen LogP contribution is 2.40. The molecule has 12 heteroatoms. The van der Waals surface area contributed by atoms with E-state index < -0.39 is 12.3 Å². The number of halogens is 1. The van der Waals surface area contributed by atoms with Gasteiger partial charge in [-0.1, -0.05) is 91.0 Å². The first-order chi connectivity index (χ1) is 26.4. The van der Waals surface area contributed by atoms with Crippen LogP contribution in [-0.4, -0.2) is 145 Å². The molecule has 0 unspecified atom stereocenters. The van der Waals surface area contributed by atoms with Crippen molar-refractivity contribution in [3.8, 4) is 0 Å². The lowest BCUT2D eigenvalue weighted by Crippen LogP contribution is -2.34. The molecule has 53 heavy (non-hydrogen) atoms. The number of benzene rings is 3. The molecule has 0 N–H and O–H groups in total. The molecule has 0 radical (unpaired) electrons. The van der Waals surface area contributed by atoms with Gasteiger partial charge in [-0.05, 0) is 16.7 Å². The van der Waals surface area contributed by atoms with Gasteiger partial charge in [0, 0.05) is 0 Å². The quantitative estimate of drug-likeness (QED) is 0.0585. The van der Waals surface area contributed by atoms with Crippen molar-refractivity contribution >= 4 is 0 Å². The summed E-state index contributed by atoms with van der Waals surface area (Å²) in [4.78, 5) is 0. The van der Waals surface area contributed by atoms with Gasteiger partial charge in [-0.2, -0.15) is 0 Å². The lowest BCUT2D eigenvalue weighted by molar-refractivity contribution is -0.0399. The molecule has 0 heterocycles. The molecule has 0 fully saturated rings. The Morgan fingerprint density at radius 2 is 0.491 bits per heavy atom. The first-order valence-corrected chi connectivity index (χ1v) is 18.5. The molecule has 0 aliphatic rings. The molecule has 0 spiro atoms. The van der Waals surface area contributed by atoms with E-state index in [1.165, 1.54) is 0 Å². The molecule has 3 aromatic carbocycles. The molecule has 3 aromatic rings. The van der Waals surface area contributed by atoms with E-state index in [0.29, 0.717) is 132 Å². The van der Waals surface area contributed by atoms with E-state index >= 15 is 0 Å². The van der Waals surface area contributed by atoms with Crippen LogP contribution in [0.25, 0.3) is 0 Å². The molecule has 0 aliphatic carbocycles. The summed E-state index contributed by atoms with van der Waals surface area (Å²) in [6.07, 6.45) is 0. The summed E-state index contributed by atoms with van der Waals surface area (Å²) in [5.41, 5.74) is 2.44. The molecule has 0 saturated carbocycles. The highest BCUT2D eigenvalue weighted by molar-refractivity contribution is 5.47.